The average molecular weight is 718 g/mol. The van der Waals surface area contributed by atoms with E-state index in [0.29, 0.717) is 18.6 Å². The van der Waals surface area contributed by atoms with E-state index in [0.717, 1.165) is 4.90 Å². The smallest absolute Gasteiger partial charge is 0.430 e. The van der Waals surface area contributed by atoms with Crippen LogP contribution < -0.4 is 10.1 Å². The molecule has 4 N–H and O–H groups in total. The number of alkyl halides is 6. The number of ether oxygens (including phenoxy) is 1. The number of nitrogens with one attached hydrogen (secondary N) is 1. The predicted octanol–water partition coefficient (Wildman–Crippen LogP) is 5.98. The maximum Gasteiger partial charge on any atom is 0.430 e. The average Bonchev–Trinajstić information content (AvgIpc) is 3.14. The molecule has 2 aromatic rings. The van der Waals surface area contributed by atoms with Crippen LogP contribution in [0, 0.1) is 3.57 Å². The van der Waals surface area contributed by atoms with Gasteiger partial charge < -0.3 is 25.4 Å². The molecule has 1 atom stereocenters. The first-order valence-corrected chi connectivity index (χ1v) is 14.0. The van der Waals surface area contributed by atoms with E-state index in [1.54, 1.807) is 36.4 Å². The van der Waals surface area contributed by atoms with Crippen LogP contribution in [0.15, 0.2) is 30.3 Å². The molecule has 0 aliphatic carbocycles. The van der Waals surface area contributed by atoms with E-state index in [2.05, 4.69) is 5.32 Å². The minimum absolute atomic E-state index is 0.0120. The molecule has 0 radical (unpaired) electrons. The standard InChI is InChI=1S/C27H29F6IN2O6/c1-3-7-15-12-17(25(41,26(28,29)30)27(31,32)33)13-18(34)21(15)42-11-6-5-10-36-22(39)24(4-2,35-23(36)40)16-8-9-19(37)20(38)14-16/h8-9,12-14,37-38,41H,3-7,10-11H2,1-2H3,(H,35,40). The summed E-state index contributed by atoms with van der Waals surface area (Å²) in [5.41, 5.74) is -7.52. The van der Waals surface area contributed by atoms with E-state index in [1.165, 1.54) is 18.2 Å². The SMILES string of the molecule is CCCc1cc(C(O)(C(F)(F)F)C(F)(F)F)cc(I)c1OCCCCN1C(=O)NC(CC)(c2ccc(O)c(O)c2)C1=O. The number of urea groups is 1. The molecule has 8 nitrogen and oxygen atoms in total. The first kappa shape index (κ1) is 33.6. The summed E-state index contributed by atoms with van der Waals surface area (Å²) in [7, 11) is 0. The second-order valence-corrected chi connectivity index (χ2v) is 11.0. The normalized spacial score (nSPS) is 18.0. The Morgan fingerprint density at radius 2 is 1.62 bits per heavy atom. The van der Waals surface area contributed by atoms with Crippen LogP contribution in [0.3, 0.4) is 0 Å². The quantitative estimate of drug-likeness (QED) is 0.0747. The monoisotopic (exact) mass is 718 g/mol. The zero-order chi connectivity index (χ0) is 31.7. The number of rotatable bonds is 11. The number of imide groups is 1. The fourth-order valence-electron chi connectivity index (χ4n) is 4.77. The van der Waals surface area contributed by atoms with Gasteiger partial charge in [0.05, 0.1) is 10.2 Å². The number of aliphatic hydroxyl groups is 1. The molecule has 15 heteroatoms. The maximum atomic E-state index is 13.4. The predicted molar refractivity (Wildman–Crippen MR) is 146 cm³/mol. The minimum Gasteiger partial charge on any atom is -0.504 e. The van der Waals surface area contributed by atoms with Crippen LogP contribution in [0.4, 0.5) is 31.1 Å². The van der Waals surface area contributed by atoms with Crippen molar-refractivity contribution in [1.29, 1.82) is 0 Å². The lowest BCUT2D eigenvalue weighted by Crippen LogP contribution is -2.54. The molecule has 1 saturated heterocycles. The van der Waals surface area contributed by atoms with Crippen LogP contribution in [-0.2, 0) is 22.4 Å². The number of benzene rings is 2. The number of aryl methyl sites for hydroxylation is 1. The van der Waals surface area contributed by atoms with Crippen molar-refractivity contribution in [2.45, 2.75) is 69.4 Å². The fourth-order valence-corrected chi connectivity index (χ4v) is 5.61. The highest BCUT2D eigenvalue weighted by molar-refractivity contribution is 14.1. The van der Waals surface area contributed by atoms with Crippen LogP contribution in [0.25, 0.3) is 0 Å². The molecule has 0 bridgehead atoms. The van der Waals surface area contributed by atoms with Gasteiger partial charge in [-0.05, 0) is 83.7 Å². The molecular weight excluding hydrogens is 689 g/mol. The summed E-state index contributed by atoms with van der Waals surface area (Å²) >= 11 is 1.55. The summed E-state index contributed by atoms with van der Waals surface area (Å²) < 4.78 is 86.2. The van der Waals surface area contributed by atoms with Gasteiger partial charge in [0.1, 0.15) is 11.3 Å². The zero-order valence-corrected chi connectivity index (χ0v) is 24.7. The molecule has 3 amide bonds. The number of nitrogens with zero attached hydrogens (tertiary/aromatic N) is 1. The Hall–Kier alpha value is -2.95. The van der Waals surface area contributed by atoms with E-state index in [1.807, 2.05) is 0 Å². The van der Waals surface area contributed by atoms with Crippen LogP contribution >= 0.6 is 22.6 Å². The van der Waals surface area contributed by atoms with Crippen molar-refractivity contribution < 1.29 is 56.0 Å². The third-order valence-corrected chi connectivity index (χ3v) is 7.88. The molecule has 2 aromatic carbocycles. The topological polar surface area (TPSA) is 119 Å². The van der Waals surface area contributed by atoms with Crippen molar-refractivity contribution in [3.05, 3.63) is 50.6 Å². The van der Waals surface area contributed by atoms with Gasteiger partial charge in [0.2, 0.25) is 0 Å². The van der Waals surface area contributed by atoms with Crippen LogP contribution in [-0.4, -0.2) is 57.7 Å². The van der Waals surface area contributed by atoms with Crippen molar-refractivity contribution >= 4 is 34.5 Å². The van der Waals surface area contributed by atoms with Gasteiger partial charge in [0.15, 0.2) is 11.5 Å². The van der Waals surface area contributed by atoms with Crippen LogP contribution in [0.2, 0.25) is 0 Å². The summed E-state index contributed by atoms with van der Waals surface area (Å²) in [5.74, 6) is -1.32. The van der Waals surface area contributed by atoms with E-state index in [4.69, 9.17) is 4.74 Å². The van der Waals surface area contributed by atoms with Gasteiger partial charge in [-0.25, -0.2) is 4.79 Å². The summed E-state index contributed by atoms with van der Waals surface area (Å²) in [6.07, 6.45) is -10.9. The summed E-state index contributed by atoms with van der Waals surface area (Å²) in [4.78, 5) is 26.9. The van der Waals surface area contributed by atoms with Crippen molar-refractivity contribution in [2.75, 3.05) is 13.2 Å². The van der Waals surface area contributed by atoms with Crippen LogP contribution in [0.1, 0.15) is 56.2 Å². The number of halogens is 7. The minimum atomic E-state index is -6.02. The van der Waals surface area contributed by atoms with Crippen LogP contribution in [0.5, 0.6) is 17.2 Å². The Bertz CT molecular complexity index is 1320. The van der Waals surface area contributed by atoms with Gasteiger partial charge in [-0.2, -0.15) is 26.3 Å². The van der Waals surface area contributed by atoms with E-state index >= 15 is 0 Å². The van der Waals surface area contributed by atoms with Crippen molar-refractivity contribution in [3.8, 4) is 17.2 Å². The van der Waals surface area contributed by atoms with E-state index in [-0.39, 0.29) is 65.0 Å². The van der Waals surface area contributed by atoms with Gasteiger partial charge in [-0.1, -0.05) is 26.3 Å². The van der Waals surface area contributed by atoms with Crippen molar-refractivity contribution in [3.63, 3.8) is 0 Å². The van der Waals surface area contributed by atoms with Gasteiger partial charge in [-0.3, -0.25) is 9.69 Å². The number of phenolic OH excluding ortho intramolecular Hbond substituents is 2. The molecule has 0 aromatic heterocycles. The Balaban J connectivity index is 1.71. The largest absolute Gasteiger partial charge is 0.504 e. The number of carbonyl (C=O) groups excluding carboxylic acids is 2. The molecule has 0 saturated carbocycles. The first-order valence-electron chi connectivity index (χ1n) is 12.9. The number of aromatic hydroxyl groups is 2. The number of phenols is 2. The highest BCUT2D eigenvalue weighted by atomic mass is 127. The lowest BCUT2D eigenvalue weighted by Gasteiger charge is -2.33. The number of unbranched alkanes of at least 4 members (excludes halogenated alkanes) is 1. The Morgan fingerprint density at radius 1 is 0.976 bits per heavy atom. The lowest BCUT2D eigenvalue weighted by atomic mass is 9.87. The second kappa shape index (κ2) is 12.3. The summed E-state index contributed by atoms with van der Waals surface area (Å²) in [5, 5.41) is 31.9. The molecule has 42 heavy (non-hydrogen) atoms. The third kappa shape index (κ3) is 6.07. The number of hydrogen-bond donors (Lipinski definition) is 4. The molecule has 0 spiro atoms. The third-order valence-electron chi connectivity index (χ3n) is 7.07. The van der Waals surface area contributed by atoms with Crippen molar-refractivity contribution in [1.82, 2.24) is 10.2 Å². The molecular formula is C27H29F6IN2O6. The second-order valence-electron chi connectivity index (χ2n) is 9.81. The molecule has 1 heterocycles. The van der Waals surface area contributed by atoms with Crippen molar-refractivity contribution in [2.24, 2.45) is 0 Å². The molecule has 1 fully saturated rings. The Kier molecular flexibility index (Phi) is 9.86. The lowest BCUT2D eigenvalue weighted by molar-refractivity contribution is -0.376. The number of amides is 3. The highest BCUT2D eigenvalue weighted by Gasteiger charge is 2.71. The zero-order valence-electron chi connectivity index (χ0n) is 22.5. The van der Waals surface area contributed by atoms with E-state index in [9.17, 15) is 51.3 Å². The molecule has 3 rings (SSSR count). The maximum absolute atomic E-state index is 13.4. The van der Waals surface area contributed by atoms with E-state index < -0.39 is 46.7 Å². The number of carbonyl (C=O) groups is 2. The van der Waals surface area contributed by atoms with Gasteiger partial charge in [0.25, 0.3) is 11.5 Å². The van der Waals surface area contributed by atoms with Gasteiger partial charge >= 0.3 is 18.4 Å². The Labute approximate surface area is 250 Å². The number of hydrogen-bond acceptors (Lipinski definition) is 6. The summed E-state index contributed by atoms with van der Waals surface area (Å²) in [6, 6.07) is 4.40. The van der Waals surface area contributed by atoms with Gasteiger partial charge in [-0.15, -0.1) is 0 Å². The fraction of sp³-hybridized carbons (Fsp3) is 0.481. The molecule has 232 valence electrons. The molecule has 1 aliphatic rings. The molecule has 1 unspecified atom stereocenters. The highest BCUT2D eigenvalue weighted by Crippen LogP contribution is 2.51. The van der Waals surface area contributed by atoms with Gasteiger partial charge in [0, 0.05) is 12.1 Å². The first-order chi connectivity index (χ1) is 19.4. The summed E-state index contributed by atoms with van der Waals surface area (Å²) in [6.45, 7) is 3.31. The molecule has 1 aliphatic heterocycles. The Morgan fingerprint density at radius 3 is 2.17 bits per heavy atom.